The highest BCUT2D eigenvalue weighted by Gasteiger charge is 2.38. The van der Waals surface area contributed by atoms with Crippen molar-refractivity contribution < 1.29 is 18.3 Å². The molecule has 1 aromatic rings. The number of alkyl halides is 3. The molecule has 0 aromatic heterocycles. The molecule has 0 spiro atoms. The fraction of sp³-hybridized carbons (Fsp3) is 0.429. The number of aromatic hydroxyl groups is 1. The van der Waals surface area contributed by atoms with Crippen LogP contribution in [0.4, 0.5) is 13.2 Å². The number of phenolic OH excluding ortho intramolecular Hbond substituents is 1. The Morgan fingerprint density at radius 3 is 2.30 bits per heavy atom. The van der Waals surface area contributed by atoms with Gasteiger partial charge >= 0.3 is 6.18 Å². The van der Waals surface area contributed by atoms with Gasteiger partial charge in [-0.1, -0.05) is 6.08 Å². The summed E-state index contributed by atoms with van der Waals surface area (Å²) in [6.45, 7) is 6.23. The second-order valence-electron chi connectivity index (χ2n) is 4.82. The van der Waals surface area contributed by atoms with Gasteiger partial charge in [-0.05, 0) is 28.1 Å². The lowest BCUT2D eigenvalue weighted by Crippen LogP contribution is -2.45. The topological polar surface area (TPSA) is 35.5 Å². The molecule has 1 saturated heterocycles. The minimum Gasteiger partial charge on any atom is -0.506 e. The third-order valence-electron chi connectivity index (χ3n) is 3.54. The SMILES string of the molecule is C=C[C@H](c1c(C(F)(F)F)ccc(Br)c1O)N1CCNCC1.Cl.Cl. The maximum Gasteiger partial charge on any atom is 0.416 e. The fourth-order valence-electron chi connectivity index (χ4n) is 2.54. The van der Waals surface area contributed by atoms with E-state index in [4.69, 9.17) is 0 Å². The van der Waals surface area contributed by atoms with Gasteiger partial charge in [-0.2, -0.15) is 13.2 Å². The van der Waals surface area contributed by atoms with Gasteiger partial charge in [-0.15, -0.1) is 31.4 Å². The van der Waals surface area contributed by atoms with Crippen molar-refractivity contribution in [2.75, 3.05) is 26.2 Å². The molecule has 1 aromatic carbocycles. The first-order chi connectivity index (χ1) is 9.86. The first kappa shape index (κ1) is 22.5. The Balaban J connectivity index is 0.00000242. The number of phenols is 1. The van der Waals surface area contributed by atoms with Crippen LogP contribution in [0, 0.1) is 0 Å². The van der Waals surface area contributed by atoms with E-state index in [-0.39, 0.29) is 40.6 Å². The molecular weight excluding hydrogens is 420 g/mol. The van der Waals surface area contributed by atoms with Crippen LogP contribution < -0.4 is 5.32 Å². The summed E-state index contributed by atoms with van der Waals surface area (Å²) in [5.74, 6) is -0.381. The molecule has 1 aliphatic heterocycles. The van der Waals surface area contributed by atoms with Gasteiger partial charge in [0, 0.05) is 31.7 Å². The van der Waals surface area contributed by atoms with Crippen LogP contribution in [0.25, 0.3) is 0 Å². The largest absolute Gasteiger partial charge is 0.506 e. The molecule has 132 valence electrons. The summed E-state index contributed by atoms with van der Waals surface area (Å²) in [6.07, 6.45) is -3.08. The number of benzene rings is 1. The van der Waals surface area contributed by atoms with E-state index in [0.29, 0.717) is 26.2 Å². The van der Waals surface area contributed by atoms with E-state index < -0.39 is 17.8 Å². The van der Waals surface area contributed by atoms with Crippen molar-refractivity contribution in [1.82, 2.24) is 10.2 Å². The van der Waals surface area contributed by atoms with Crippen molar-refractivity contribution in [2.24, 2.45) is 0 Å². The zero-order valence-corrected chi connectivity index (χ0v) is 15.3. The van der Waals surface area contributed by atoms with Crippen molar-refractivity contribution in [1.29, 1.82) is 0 Å². The van der Waals surface area contributed by atoms with Gasteiger partial charge in [0.1, 0.15) is 5.75 Å². The predicted molar refractivity (Wildman–Crippen MR) is 92.7 cm³/mol. The van der Waals surface area contributed by atoms with Crippen molar-refractivity contribution in [3.05, 3.63) is 40.4 Å². The van der Waals surface area contributed by atoms with E-state index in [1.807, 2.05) is 4.90 Å². The summed E-state index contributed by atoms with van der Waals surface area (Å²) in [4.78, 5) is 1.88. The molecule has 3 nitrogen and oxygen atoms in total. The van der Waals surface area contributed by atoms with E-state index in [1.165, 1.54) is 12.1 Å². The Labute approximate surface area is 153 Å². The van der Waals surface area contributed by atoms with Gasteiger partial charge in [-0.3, -0.25) is 4.90 Å². The zero-order chi connectivity index (χ0) is 15.6. The molecule has 2 N–H and O–H groups in total. The van der Waals surface area contributed by atoms with Crippen molar-refractivity contribution in [3.8, 4) is 5.75 Å². The number of halogens is 6. The summed E-state index contributed by atoms with van der Waals surface area (Å²) >= 11 is 3.09. The maximum atomic E-state index is 13.2. The molecular formula is C14H18BrCl2F3N2O. The Bertz CT molecular complexity index is 537. The predicted octanol–water partition coefficient (Wildman–Crippen LogP) is 4.15. The van der Waals surface area contributed by atoms with Crippen LogP contribution in [-0.2, 0) is 6.18 Å². The molecule has 0 unspecified atom stereocenters. The molecule has 1 aliphatic rings. The number of nitrogens with zero attached hydrogens (tertiary/aromatic N) is 1. The third kappa shape index (κ3) is 5.00. The highest BCUT2D eigenvalue weighted by atomic mass is 79.9. The number of piperazine rings is 1. The van der Waals surface area contributed by atoms with Crippen LogP contribution in [0.1, 0.15) is 17.2 Å². The molecule has 1 atom stereocenters. The molecule has 23 heavy (non-hydrogen) atoms. The molecule has 0 bridgehead atoms. The number of rotatable bonds is 3. The second-order valence-corrected chi connectivity index (χ2v) is 5.68. The van der Waals surface area contributed by atoms with Gasteiger partial charge in [0.05, 0.1) is 16.1 Å². The highest BCUT2D eigenvalue weighted by molar-refractivity contribution is 9.10. The second kappa shape index (κ2) is 9.13. The minimum absolute atomic E-state index is 0. The van der Waals surface area contributed by atoms with Crippen molar-refractivity contribution >= 4 is 40.7 Å². The number of hydrogen-bond donors (Lipinski definition) is 2. The average molecular weight is 438 g/mol. The lowest BCUT2D eigenvalue weighted by Gasteiger charge is -2.35. The third-order valence-corrected chi connectivity index (χ3v) is 4.18. The monoisotopic (exact) mass is 436 g/mol. The molecule has 0 radical (unpaired) electrons. The standard InChI is InChI=1S/C14H16BrF3N2O.2ClH/c1-2-11(20-7-5-19-6-8-20)12-9(14(16,17)18)3-4-10(15)13(12)21;;/h2-4,11,19,21H,1,5-8H2;2*1H/t11-;;/m1../s1. The van der Waals surface area contributed by atoms with Gasteiger partial charge in [0.2, 0.25) is 0 Å². The first-order valence-electron chi connectivity index (χ1n) is 6.52. The maximum absolute atomic E-state index is 13.2. The number of nitrogens with one attached hydrogen (secondary N) is 1. The van der Waals surface area contributed by atoms with Crippen molar-refractivity contribution in [2.45, 2.75) is 12.2 Å². The Morgan fingerprint density at radius 2 is 1.83 bits per heavy atom. The average Bonchev–Trinajstić information content (AvgIpc) is 2.44. The molecule has 9 heteroatoms. The molecule has 1 fully saturated rings. The zero-order valence-electron chi connectivity index (χ0n) is 12.1. The normalized spacial score (nSPS) is 16.9. The minimum atomic E-state index is -4.52. The Morgan fingerprint density at radius 1 is 1.26 bits per heavy atom. The first-order valence-corrected chi connectivity index (χ1v) is 7.31. The van der Waals surface area contributed by atoms with Crippen LogP contribution in [0.15, 0.2) is 29.3 Å². The summed E-state index contributed by atoms with van der Waals surface area (Å²) in [7, 11) is 0. The van der Waals surface area contributed by atoms with E-state index >= 15 is 0 Å². The van der Waals surface area contributed by atoms with Crippen LogP contribution in [0.5, 0.6) is 5.75 Å². The lowest BCUT2D eigenvalue weighted by atomic mass is 9.96. The molecule has 0 amide bonds. The van der Waals surface area contributed by atoms with Gasteiger partial charge in [-0.25, -0.2) is 0 Å². The van der Waals surface area contributed by atoms with Crippen LogP contribution in [0.2, 0.25) is 0 Å². The van der Waals surface area contributed by atoms with Gasteiger partial charge in [0.25, 0.3) is 0 Å². The highest BCUT2D eigenvalue weighted by Crippen LogP contribution is 2.44. The fourth-order valence-corrected chi connectivity index (χ4v) is 2.88. The van der Waals surface area contributed by atoms with Crippen LogP contribution in [0.3, 0.4) is 0 Å². The van der Waals surface area contributed by atoms with E-state index in [0.717, 1.165) is 6.07 Å². The molecule has 0 saturated carbocycles. The summed E-state index contributed by atoms with van der Waals surface area (Å²) in [5.41, 5.74) is -0.972. The van der Waals surface area contributed by atoms with E-state index in [2.05, 4.69) is 27.8 Å². The van der Waals surface area contributed by atoms with Gasteiger partial charge in [0.15, 0.2) is 0 Å². The molecule has 2 rings (SSSR count). The lowest BCUT2D eigenvalue weighted by molar-refractivity contribution is -0.138. The van der Waals surface area contributed by atoms with Crippen LogP contribution >= 0.6 is 40.7 Å². The number of hydrogen-bond acceptors (Lipinski definition) is 3. The van der Waals surface area contributed by atoms with Crippen molar-refractivity contribution in [3.63, 3.8) is 0 Å². The molecule has 1 heterocycles. The van der Waals surface area contributed by atoms with E-state index in [1.54, 1.807) is 0 Å². The molecule has 0 aliphatic carbocycles. The quantitative estimate of drug-likeness (QED) is 0.697. The van der Waals surface area contributed by atoms with Gasteiger partial charge < -0.3 is 10.4 Å². The van der Waals surface area contributed by atoms with E-state index in [9.17, 15) is 18.3 Å². The Hall–Kier alpha value is -0.470. The van der Waals surface area contributed by atoms with Crippen LogP contribution in [-0.4, -0.2) is 36.2 Å². The Kier molecular flexibility index (Phi) is 8.94. The smallest absolute Gasteiger partial charge is 0.416 e. The summed E-state index contributed by atoms with van der Waals surface area (Å²) in [5, 5.41) is 13.3. The summed E-state index contributed by atoms with van der Waals surface area (Å²) in [6, 6.07) is 1.51. The summed E-state index contributed by atoms with van der Waals surface area (Å²) < 4.78 is 39.9.